The lowest BCUT2D eigenvalue weighted by atomic mass is 11.8. The molecular formula is C2F2N2S. The molecule has 5 heteroatoms. The maximum absolute atomic E-state index is 11.2. The summed E-state index contributed by atoms with van der Waals surface area (Å²) in [6.45, 7) is 0. The fraction of sp³-hybridized carbons (Fsp3) is 0. The third-order valence-corrected chi connectivity index (χ3v) is 0.688. The molecule has 0 aliphatic rings. The predicted octanol–water partition coefficient (Wildman–Crippen LogP) is 1.52. The molecule has 0 spiro atoms. The molecule has 0 saturated heterocycles. The molecule has 0 aromatic rings. The molecule has 0 saturated carbocycles. The first-order chi connectivity index (χ1) is 3.12. The third kappa shape index (κ3) is 1.96. The molecule has 38 valence electrons. The van der Waals surface area contributed by atoms with E-state index in [1.54, 1.807) is 0 Å². The topological polar surface area (TPSA) is 47.6 Å². The van der Waals surface area contributed by atoms with Crippen LogP contribution in [-0.4, -0.2) is 0 Å². The minimum absolute atomic E-state index is 0.580. The molecule has 0 radical (unpaired) electrons. The fourth-order valence-electron chi connectivity index (χ4n) is 0.0204. The molecule has 0 aromatic heterocycles. The number of rotatable bonds is 0. The quantitative estimate of drug-likeness (QED) is 0.457. The van der Waals surface area contributed by atoms with Gasteiger partial charge in [-0.15, -0.1) is 7.77 Å². The van der Waals surface area contributed by atoms with Crippen molar-refractivity contribution in [3.63, 3.8) is 0 Å². The molecule has 0 bridgehead atoms. The number of thiocyanates is 2. The summed E-state index contributed by atoms with van der Waals surface area (Å²) < 4.78 is 22.5. The van der Waals surface area contributed by atoms with Crippen LogP contribution < -0.4 is 0 Å². The standard InChI is InChI=1S/C2F2N2S/c3-7(4,1-5)2-6. The SMILES string of the molecule is N#CS(F)(F)C#N. The van der Waals surface area contributed by atoms with Crippen LogP contribution in [0.2, 0.25) is 0 Å². The zero-order chi connectivity index (χ0) is 5.91. The highest BCUT2D eigenvalue weighted by Gasteiger charge is 2.19. The predicted molar refractivity (Wildman–Crippen MR) is 21.0 cm³/mol. The largest absolute Gasteiger partial charge is 0.240 e. The summed E-state index contributed by atoms with van der Waals surface area (Å²) in [5.41, 5.74) is 0. The molecule has 0 aliphatic carbocycles. The van der Waals surface area contributed by atoms with Gasteiger partial charge in [0, 0.05) is 0 Å². The number of nitriles is 2. The lowest BCUT2D eigenvalue weighted by Gasteiger charge is -1.92. The number of hydrogen-bond acceptors (Lipinski definition) is 2. The van der Waals surface area contributed by atoms with Crippen LogP contribution in [-0.2, 0) is 0 Å². The van der Waals surface area contributed by atoms with E-state index in [0.717, 1.165) is 0 Å². The van der Waals surface area contributed by atoms with E-state index in [4.69, 9.17) is 10.5 Å². The summed E-state index contributed by atoms with van der Waals surface area (Å²) in [5, 5.41) is 16.0. The molecule has 0 N–H and O–H groups in total. The lowest BCUT2D eigenvalue weighted by Crippen LogP contribution is -1.67. The Balaban J connectivity index is 4.00. The maximum atomic E-state index is 11.2. The number of halogens is 2. The first-order valence-electron chi connectivity index (χ1n) is 1.16. The van der Waals surface area contributed by atoms with Gasteiger partial charge in [0.1, 0.15) is 0 Å². The van der Waals surface area contributed by atoms with Crippen LogP contribution >= 0.6 is 10.8 Å². The smallest absolute Gasteiger partial charge is 0.181 e. The minimum atomic E-state index is -4.55. The van der Waals surface area contributed by atoms with Crippen molar-refractivity contribution in [2.24, 2.45) is 0 Å². The minimum Gasteiger partial charge on any atom is -0.181 e. The van der Waals surface area contributed by atoms with Crippen LogP contribution in [0.25, 0.3) is 0 Å². The van der Waals surface area contributed by atoms with Crippen LogP contribution in [0.1, 0.15) is 0 Å². The molecule has 0 aromatic carbocycles. The Bertz CT molecular complexity index is 125. The Morgan fingerprint density at radius 2 is 1.43 bits per heavy atom. The summed E-state index contributed by atoms with van der Waals surface area (Å²) in [5.74, 6) is 0. The molecule has 0 amide bonds. The summed E-state index contributed by atoms with van der Waals surface area (Å²) in [6, 6.07) is 0. The molecule has 2 nitrogen and oxygen atoms in total. The van der Waals surface area contributed by atoms with Crippen LogP contribution in [0, 0.1) is 21.3 Å². The molecule has 0 atom stereocenters. The van der Waals surface area contributed by atoms with Gasteiger partial charge in [-0.25, -0.2) is 0 Å². The van der Waals surface area contributed by atoms with Crippen molar-refractivity contribution < 1.29 is 7.77 Å². The van der Waals surface area contributed by atoms with Crippen molar-refractivity contribution >= 4 is 10.8 Å². The van der Waals surface area contributed by atoms with Gasteiger partial charge in [-0.2, -0.15) is 10.5 Å². The van der Waals surface area contributed by atoms with Crippen molar-refractivity contribution in [2.75, 3.05) is 0 Å². The number of hydrogen-bond donors (Lipinski definition) is 0. The fourth-order valence-corrected chi connectivity index (χ4v) is 0.0612. The van der Waals surface area contributed by atoms with Gasteiger partial charge in [0.15, 0.2) is 10.8 Å². The second-order valence-corrected chi connectivity index (χ2v) is 1.95. The highest BCUT2D eigenvalue weighted by molar-refractivity contribution is 8.32. The van der Waals surface area contributed by atoms with E-state index >= 15 is 0 Å². The van der Waals surface area contributed by atoms with Crippen LogP contribution in [0.15, 0.2) is 0 Å². The monoisotopic (exact) mass is 122 g/mol. The van der Waals surface area contributed by atoms with Gasteiger partial charge in [0.05, 0.1) is 0 Å². The zero-order valence-electron chi connectivity index (χ0n) is 3.06. The van der Waals surface area contributed by atoms with E-state index in [-0.39, 0.29) is 0 Å². The molecule has 0 fully saturated rings. The van der Waals surface area contributed by atoms with Crippen LogP contribution in [0.3, 0.4) is 0 Å². The molecular weight excluding hydrogens is 122 g/mol. The van der Waals surface area contributed by atoms with Crippen LogP contribution in [0.4, 0.5) is 7.77 Å². The van der Waals surface area contributed by atoms with E-state index in [0.29, 0.717) is 10.8 Å². The second kappa shape index (κ2) is 1.76. The highest BCUT2D eigenvalue weighted by atomic mass is 32.3. The average Bonchev–Trinajstić information content (AvgIpc) is 1.68. The number of nitrogens with zero attached hydrogens (tertiary/aromatic N) is 2. The average molecular weight is 122 g/mol. The molecule has 0 aliphatic heterocycles. The zero-order valence-corrected chi connectivity index (χ0v) is 3.88. The Hall–Kier alpha value is -0.810. The summed E-state index contributed by atoms with van der Waals surface area (Å²) in [7, 11) is -4.55. The Morgan fingerprint density at radius 1 is 1.14 bits per heavy atom. The van der Waals surface area contributed by atoms with Gasteiger partial charge >= 0.3 is 0 Å². The lowest BCUT2D eigenvalue weighted by molar-refractivity contribution is 0.781. The maximum Gasteiger partial charge on any atom is 0.240 e. The van der Waals surface area contributed by atoms with Crippen molar-refractivity contribution in [3.05, 3.63) is 0 Å². The van der Waals surface area contributed by atoms with Crippen molar-refractivity contribution in [2.45, 2.75) is 0 Å². The van der Waals surface area contributed by atoms with Crippen molar-refractivity contribution in [1.82, 2.24) is 0 Å². The summed E-state index contributed by atoms with van der Waals surface area (Å²) >= 11 is 0. The van der Waals surface area contributed by atoms with Gasteiger partial charge in [-0.1, -0.05) is 0 Å². The molecule has 0 rings (SSSR count). The van der Waals surface area contributed by atoms with Crippen molar-refractivity contribution in [3.8, 4) is 10.8 Å². The van der Waals surface area contributed by atoms with Gasteiger partial charge in [0.2, 0.25) is 10.8 Å². The van der Waals surface area contributed by atoms with Gasteiger partial charge in [0.25, 0.3) is 0 Å². The second-order valence-electron chi connectivity index (χ2n) is 0.652. The van der Waals surface area contributed by atoms with E-state index < -0.39 is 10.8 Å². The summed E-state index contributed by atoms with van der Waals surface area (Å²) in [4.78, 5) is 0. The highest BCUT2D eigenvalue weighted by Crippen LogP contribution is 2.48. The summed E-state index contributed by atoms with van der Waals surface area (Å²) in [6.07, 6.45) is 0. The Kier molecular flexibility index (Phi) is 1.56. The van der Waals surface area contributed by atoms with Crippen molar-refractivity contribution in [1.29, 1.82) is 10.5 Å². The van der Waals surface area contributed by atoms with E-state index in [2.05, 4.69) is 0 Å². The van der Waals surface area contributed by atoms with E-state index in [9.17, 15) is 7.77 Å². The Labute approximate surface area is 40.9 Å². The van der Waals surface area contributed by atoms with Gasteiger partial charge in [-0.05, 0) is 0 Å². The van der Waals surface area contributed by atoms with E-state index in [1.165, 1.54) is 0 Å². The van der Waals surface area contributed by atoms with Crippen LogP contribution in [0.5, 0.6) is 0 Å². The first-order valence-corrected chi connectivity index (χ1v) is 2.60. The first kappa shape index (κ1) is 6.19. The van der Waals surface area contributed by atoms with Gasteiger partial charge in [-0.3, -0.25) is 0 Å². The molecule has 0 heterocycles. The normalized spacial score (nSPS) is 11.4. The Morgan fingerprint density at radius 3 is 1.43 bits per heavy atom. The van der Waals surface area contributed by atoms with E-state index in [1.807, 2.05) is 0 Å². The van der Waals surface area contributed by atoms with Gasteiger partial charge < -0.3 is 0 Å². The molecule has 0 unspecified atom stereocenters. The molecule has 7 heavy (non-hydrogen) atoms. The third-order valence-electron chi connectivity index (χ3n) is 0.229.